The average Bonchev–Trinajstić information content (AvgIpc) is 2.18. The molecule has 1 aromatic rings. The van der Waals surface area contributed by atoms with Gasteiger partial charge in [-0.1, -0.05) is 0 Å². The van der Waals surface area contributed by atoms with E-state index in [4.69, 9.17) is 11.0 Å². The standard InChI is InChI=1S/C11H12N2O/c12-6-7-4-8(14)5-10-9(7)2-1-3-11(10)13/h4-5,11,14H,1-3,13H2/t11-/m0/s1. The summed E-state index contributed by atoms with van der Waals surface area (Å²) in [5.74, 6) is 0.137. The predicted molar refractivity (Wildman–Crippen MR) is 52.7 cm³/mol. The minimum atomic E-state index is -0.0297. The lowest BCUT2D eigenvalue weighted by Gasteiger charge is -2.23. The first-order valence-electron chi connectivity index (χ1n) is 4.74. The van der Waals surface area contributed by atoms with Crippen LogP contribution in [0.3, 0.4) is 0 Å². The highest BCUT2D eigenvalue weighted by Gasteiger charge is 2.20. The average molecular weight is 188 g/mol. The number of phenols is 1. The molecule has 0 bridgehead atoms. The topological polar surface area (TPSA) is 70.0 Å². The van der Waals surface area contributed by atoms with Crippen molar-refractivity contribution in [3.63, 3.8) is 0 Å². The van der Waals surface area contributed by atoms with Gasteiger partial charge in [0, 0.05) is 6.04 Å². The number of nitrogens with two attached hydrogens (primary N) is 1. The second-order valence-electron chi connectivity index (χ2n) is 3.67. The van der Waals surface area contributed by atoms with Crippen LogP contribution in [-0.4, -0.2) is 5.11 Å². The Morgan fingerprint density at radius 2 is 2.29 bits per heavy atom. The summed E-state index contributed by atoms with van der Waals surface area (Å²) in [6.07, 6.45) is 2.85. The predicted octanol–water partition coefficient (Wildman–Crippen LogP) is 1.60. The van der Waals surface area contributed by atoms with Gasteiger partial charge >= 0.3 is 0 Å². The zero-order valence-corrected chi connectivity index (χ0v) is 7.83. The van der Waals surface area contributed by atoms with E-state index in [1.807, 2.05) is 0 Å². The van der Waals surface area contributed by atoms with E-state index in [2.05, 4.69) is 6.07 Å². The molecule has 0 aromatic heterocycles. The van der Waals surface area contributed by atoms with Gasteiger partial charge in [-0.15, -0.1) is 0 Å². The Morgan fingerprint density at radius 3 is 3.00 bits per heavy atom. The summed E-state index contributed by atoms with van der Waals surface area (Å²) in [6.45, 7) is 0. The molecule has 14 heavy (non-hydrogen) atoms. The molecule has 3 nitrogen and oxygen atoms in total. The molecule has 3 N–H and O–H groups in total. The summed E-state index contributed by atoms with van der Waals surface area (Å²) in [5.41, 5.74) is 8.44. The van der Waals surface area contributed by atoms with Crippen LogP contribution in [0.4, 0.5) is 0 Å². The van der Waals surface area contributed by atoms with Crippen LogP contribution in [-0.2, 0) is 6.42 Å². The first-order chi connectivity index (χ1) is 6.72. The van der Waals surface area contributed by atoms with E-state index in [-0.39, 0.29) is 11.8 Å². The lowest BCUT2D eigenvalue weighted by Crippen LogP contribution is -2.18. The minimum Gasteiger partial charge on any atom is -0.508 e. The molecule has 0 aliphatic heterocycles. The van der Waals surface area contributed by atoms with Crippen LogP contribution in [0.25, 0.3) is 0 Å². The van der Waals surface area contributed by atoms with Crippen LogP contribution in [0.1, 0.15) is 35.6 Å². The second-order valence-corrected chi connectivity index (χ2v) is 3.67. The maximum absolute atomic E-state index is 9.41. The van der Waals surface area contributed by atoms with Gasteiger partial charge in [0.1, 0.15) is 5.75 Å². The Labute approximate surface area is 82.8 Å². The molecule has 3 heteroatoms. The van der Waals surface area contributed by atoms with Crippen LogP contribution in [0.15, 0.2) is 12.1 Å². The number of phenolic OH excluding ortho intramolecular Hbond substituents is 1. The lowest BCUT2D eigenvalue weighted by molar-refractivity contribution is 0.470. The molecule has 0 fully saturated rings. The number of nitriles is 1. The van der Waals surface area contributed by atoms with Gasteiger partial charge in [-0.2, -0.15) is 5.26 Å². The number of hydrogen-bond acceptors (Lipinski definition) is 3. The van der Waals surface area contributed by atoms with Gasteiger partial charge in [0.15, 0.2) is 0 Å². The molecule has 1 aliphatic carbocycles. The highest BCUT2D eigenvalue weighted by molar-refractivity contribution is 5.49. The monoisotopic (exact) mass is 188 g/mol. The van der Waals surface area contributed by atoms with E-state index in [9.17, 15) is 5.11 Å². The number of hydrogen-bond donors (Lipinski definition) is 2. The first kappa shape index (κ1) is 9.04. The van der Waals surface area contributed by atoms with Gasteiger partial charge < -0.3 is 10.8 Å². The molecule has 1 atom stereocenters. The number of benzene rings is 1. The molecule has 0 saturated heterocycles. The van der Waals surface area contributed by atoms with E-state index >= 15 is 0 Å². The van der Waals surface area contributed by atoms with Crippen molar-refractivity contribution in [1.82, 2.24) is 0 Å². The summed E-state index contributed by atoms with van der Waals surface area (Å²) in [7, 11) is 0. The Hall–Kier alpha value is -1.53. The molecular formula is C11H12N2O. The van der Waals surface area contributed by atoms with Gasteiger partial charge in [-0.25, -0.2) is 0 Å². The third-order valence-corrected chi connectivity index (χ3v) is 2.73. The van der Waals surface area contributed by atoms with Gasteiger partial charge in [-0.3, -0.25) is 0 Å². The van der Waals surface area contributed by atoms with Gasteiger partial charge in [-0.05, 0) is 42.5 Å². The summed E-state index contributed by atoms with van der Waals surface area (Å²) < 4.78 is 0. The summed E-state index contributed by atoms with van der Waals surface area (Å²) in [5, 5.41) is 18.3. The van der Waals surface area contributed by atoms with Crippen LogP contribution in [0.2, 0.25) is 0 Å². The third kappa shape index (κ3) is 1.34. The Morgan fingerprint density at radius 1 is 1.50 bits per heavy atom. The fourth-order valence-corrected chi connectivity index (χ4v) is 2.04. The molecule has 0 unspecified atom stereocenters. The van der Waals surface area contributed by atoms with Crippen molar-refractivity contribution in [2.75, 3.05) is 0 Å². The Kier molecular flexibility index (Phi) is 2.14. The minimum absolute atomic E-state index is 0.0297. The summed E-state index contributed by atoms with van der Waals surface area (Å²) in [4.78, 5) is 0. The van der Waals surface area contributed by atoms with Crippen LogP contribution in [0, 0.1) is 11.3 Å². The largest absolute Gasteiger partial charge is 0.508 e. The van der Waals surface area contributed by atoms with Crippen LogP contribution >= 0.6 is 0 Å². The molecule has 72 valence electrons. The van der Waals surface area contributed by atoms with E-state index < -0.39 is 0 Å². The van der Waals surface area contributed by atoms with Crippen LogP contribution < -0.4 is 5.73 Å². The van der Waals surface area contributed by atoms with Crippen LogP contribution in [0.5, 0.6) is 5.75 Å². The van der Waals surface area contributed by atoms with Crippen molar-refractivity contribution in [2.24, 2.45) is 5.73 Å². The summed E-state index contributed by atoms with van der Waals surface area (Å²) >= 11 is 0. The fourth-order valence-electron chi connectivity index (χ4n) is 2.04. The zero-order valence-electron chi connectivity index (χ0n) is 7.83. The molecular weight excluding hydrogens is 176 g/mol. The highest BCUT2D eigenvalue weighted by atomic mass is 16.3. The highest BCUT2D eigenvalue weighted by Crippen LogP contribution is 2.32. The first-order valence-corrected chi connectivity index (χ1v) is 4.74. The maximum atomic E-state index is 9.41. The van der Waals surface area contributed by atoms with Crippen molar-refractivity contribution < 1.29 is 5.11 Å². The number of aromatic hydroxyl groups is 1. The number of nitrogens with zero attached hydrogens (tertiary/aromatic N) is 1. The van der Waals surface area contributed by atoms with Crippen molar-refractivity contribution >= 4 is 0 Å². The van der Waals surface area contributed by atoms with Crippen molar-refractivity contribution in [3.05, 3.63) is 28.8 Å². The molecule has 2 rings (SSSR count). The Balaban J connectivity index is 2.62. The molecule has 0 amide bonds. The van der Waals surface area contributed by atoms with E-state index in [1.54, 1.807) is 6.07 Å². The molecule has 0 heterocycles. The number of fused-ring (bicyclic) bond motifs is 1. The number of rotatable bonds is 0. The van der Waals surface area contributed by atoms with Crippen molar-refractivity contribution in [3.8, 4) is 11.8 Å². The van der Waals surface area contributed by atoms with Crippen molar-refractivity contribution in [1.29, 1.82) is 5.26 Å². The van der Waals surface area contributed by atoms with Gasteiger partial charge in [0.25, 0.3) is 0 Å². The molecule has 0 saturated carbocycles. The normalized spacial score (nSPS) is 19.9. The molecule has 0 radical (unpaired) electrons. The van der Waals surface area contributed by atoms with Gasteiger partial charge in [0.05, 0.1) is 11.6 Å². The zero-order chi connectivity index (χ0) is 10.1. The van der Waals surface area contributed by atoms with E-state index in [0.29, 0.717) is 5.56 Å². The quantitative estimate of drug-likeness (QED) is 0.649. The summed E-state index contributed by atoms with van der Waals surface area (Å²) in [6, 6.07) is 5.26. The van der Waals surface area contributed by atoms with Gasteiger partial charge in [0.2, 0.25) is 0 Å². The molecule has 1 aromatic carbocycles. The lowest BCUT2D eigenvalue weighted by atomic mass is 9.85. The third-order valence-electron chi connectivity index (χ3n) is 2.73. The van der Waals surface area contributed by atoms with E-state index in [1.165, 1.54) is 6.07 Å². The fraction of sp³-hybridized carbons (Fsp3) is 0.364. The molecule has 1 aliphatic rings. The molecule has 0 spiro atoms. The second kappa shape index (κ2) is 3.32. The Bertz CT molecular complexity index is 406. The SMILES string of the molecule is N#Cc1cc(O)cc2c1CCC[C@@H]2N. The van der Waals surface area contributed by atoms with Crippen molar-refractivity contribution in [2.45, 2.75) is 25.3 Å². The smallest absolute Gasteiger partial charge is 0.117 e. The van der Waals surface area contributed by atoms with E-state index in [0.717, 1.165) is 30.4 Å². The maximum Gasteiger partial charge on any atom is 0.117 e.